The number of hydrogen-bond acceptors (Lipinski definition) is 2. The predicted molar refractivity (Wildman–Crippen MR) is 295 cm³/mol. The van der Waals surface area contributed by atoms with Crippen LogP contribution in [0.5, 0.6) is 0 Å². The highest BCUT2D eigenvalue weighted by Crippen LogP contribution is 2.25. The van der Waals surface area contributed by atoms with Crippen LogP contribution in [-0.2, 0) is 4.79 Å². The van der Waals surface area contributed by atoms with Crippen LogP contribution in [0.2, 0.25) is 0 Å². The smallest absolute Gasteiger partial charge is 0.220 e. The molecule has 0 spiro atoms. The molecule has 0 aliphatic carbocycles. The SMILES string of the molecule is CCCCCCCCCCCCCCCCCC/C(=C\C(C)CC(C)CNC(=O)CCCN(C)C)CCCCCCC/C=C(/CCCCCCCCCC)CCCCCCCCCCC. The molecule has 0 bridgehead atoms. The number of rotatable bonds is 53. The number of carbonyl (C=O) groups is 1. The molecule has 1 N–H and O–H groups in total. The van der Waals surface area contributed by atoms with Crippen molar-refractivity contribution in [3.05, 3.63) is 23.3 Å². The standard InChI is InChI=1S/C62H122N2O/c1-8-11-14-17-20-23-24-25-26-27-28-29-31-34-40-45-51-61(56-58(4)55-59(5)57-63-62(65)53-47-54-64(6)7)52-46-41-36-35-39-44-50-60(48-42-37-32-22-19-16-13-10-3)49-43-38-33-30-21-18-15-12-9-2/h50,56,58-59H,8-49,51-55,57H2,1-7H3,(H,63,65)/b60-50-,61-56+. The minimum Gasteiger partial charge on any atom is -0.356 e. The average Bonchev–Trinajstić information content (AvgIpc) is 3.28. The summed E-state index contributed by atoms with van der Waals surface area (Å²) in [5.41, 5.74) is 3.53. The van der Waals surface area contributed by atoms with Crippen molar-refractivity contribution < 1.29 is 4.79 Å². The van der Waals surface area contributed by atoms with Gasteiger partial charge in [-0.15, -0.1) is 0 Å². The highest BCUT2D eigenvalue weighted by Gasteiger charge is 2.11. The van der Waals surface area contributed by atoms with Crippen molar-refractivity contribution in [2.45, 2.75) is 330 Å². The molecular weight excluding hydrogens is 789 g/mol. The van der Waals surface area contributed by atoms with Crippen LogP contribution >= 0.6 is 0 Å². The zero-order valence-corrected chi connectivity index (χ0v) is 46.1. The molecule has 2 atom stereocenters. The molecule has 0 aliphatic heterocycles. The van der Waals surface area contributed by atoms with Gasteiger partial charge in [0.1, 0.15) is 0 Å². The fraction of sp³-hybridized carbons (Fsp3) is 0.919. The number of carbonyl (C=O) groups excluding carboxylic acids is 1. The summed E-state index contributed by atoms with van der Waals surface area (Å²) in [5, 5.41) is 3.23. The summed E-state index contributed by atoms with van der Waals surface area (Å²) >= 11 is 0. The maximum Gasteiger partial charge on any atom is 0.220 e. The van der Waals surface area contributed by atoms with E-state index in [9.17, 15) is 4.79 Å². The van der Waals surface area contributed by atoms with E-state index >= 15 is 0 Å². The van der Waals surface area contributed by atoms with Crippen LogP contribution in [0, 0.1) is 11.8 Å². The first kappa shape index (κ1) is 63.9. The second kappa shape index (κ2) is 52.3. The van der Waals surface area contributed by atoms with Gasteiger partial charge in [0.15, 0.2) is 0 Å². The summed E-state index contributed by atoms with van der Waals surface area (Å²) in [7, 11) is 4.16. The Labute approximate surface area is 411 Å². The van der Waals surface area contributed by atoms with Crippen molar-refractivity contribution in [2.75, 3.05) is 27.2 Å². The Morgan fingerprint density at radius 3 is 1.09 bits per heavy atom. The van der Waals surface area contributed by atoms with Gasteiger partial charge in [0.25, 0.3) is 0 Å². The number of nitrogens with zero attached hydrogens (tertiary/aromatic N) is 1. The highest BCUT2D eigenvalue weighted by atomic mass is 16.1. The van der Waals surface area contributed by atoms with Gasteiger partial charge in [-0.1, -0.05) is 270 Å². The van der Waals surface area contributed by atoms with Crippen LogP contribution < -0.4 is 5.32 Å². The first-order valence-electron chi connectivity index (χ1n) is 30.1. The van der Waals surface area contributed by atoms with Gasteiger partial charge in [0.05, 0.1) is 0 Å². The molecule has 0 aliphatic rings. The van der Waals surface area contributed by atoms with Crippen LogP contribution in [0.15, 0.2) is 23.3 Å². The number of nitrogens with one attached hydrogen (secondary N) is 1. The molecule has 0 aromatic carbocycles. The third-order valence-corrected chi connectivity index (χ3v) is 14.4. The molecule has 65 heavy (non-hydrogen) atoms. The van der Waals surface area contributed by atoms with Gasteiger partial charge in [0.2, 0.25) is 5.91 Å². The molecule has 3 nitrogen and oxygen atoms in total. The molecule has 0 fully saturated rings. The van der Waals surface area contributed by atoms with Crippen molar-refractivity contribution >= 4 is 5.91 Å². The number of hydrogen-bond donors (Lipinski definition) is 1. The first-order valence-corrected chi connectivity index (χ1v) is 30.1. The molecule has 0 rings (SSSR count). The van der Waals surface area contributed by atoms with Crippen LogP contribution in [0.25, 0.3) is 0 Å². The number of amides is 1. The zero-order valence-electron chi connectivity index (χ0n) is 46.1. The number of allylic oxidation sites excluding steroid dienone is 4. The molecule has 0 radical (unpaired) electrons. The molecule has 0 heterocycles. The fourth-order valence-electron chi connectivity index (χ4n) is 10.1. The van der Waals surface area contributed by atoms with Gasteiger partial charge in [-0.3, -0.25) is 4.79 Å². The summed E-state index contributed by atoms with van der Waals surface area (Å²) < 4.78 is 0. The molecule has 1 amide bonds. The van der Waals surface area contributed by atoms with E-state index < -0.39 is 0 Å². The summed E-state index contributed by atoms with van der Waals surface area (Å²) in [6, 6.07) is 0. The molecule has 0 saturated heterocycles. The van der Waals surface area contributed by atoms with E-state index in [1.165, 1.54) is 276 Å². The van der Waals surface area contributed by atoms with E-state index in [0.29, 0.717) is 18.3 Å². The van der Waals surface area contributed by atoms with E-state index in [1.54, 1.807) is 11.1 Å². The van der Waals surface area contributed by atoms with E-state index in [-0.39, 0.29) is 5.91 Å². The van der Waals surface area contributed by atoms with Crippen LogP contribution in [0.3, 0.4) is 0 Å². The summed E-state index contributed by atoms with van der Waals surface area (Å²) in [5.74, 6) is 1.31. The summed E-state index contributed by atoms with van der Waals surface area (Å²) in [6.45, 7) is 13.5. The zero-order chi connectivity index (χ0) is 47.5. The van der Waals surface area contributed by atoms with Gasteiger partial charge >= 0.3 is 0 Å². The lowest BCUT2D eigenvalue weighted by Crippen LogP contribution is -2.29. The third-order valence-electron chi connectivity index (χ3n) is 14.4. The molecule has 0 aromatic heterocycles. The number of unbranched alkanes of at least 4 members (excludes halogenated alkanes) is 35. The van der Waals surface area contributed by atoms with E-state index in [1.807, 2.05) is 0 Å². The molecule has 386 valence electrons. The average molecular weight is 912 g/mol. The van der Waals surface area contributed by atoms with Gasteiger partial charge < -0.3 is 10.2 Å². The molecule has 0 aromatic rings. The molecule has 0 saturated carbocycles. The Hall–Kier alpha value is -1.09. The predicted octanol–water partition coefficient (Wildman–Crippen LogP) is 20.8. The van der Waals surface area contributed by atoms with Gasteiger partial charge in [0, 0.05) is 13.0 Å². The highest BCUT2D eigenvalue weighted by molar-refractivity contribution is 5.75. The Kier molecular flexibility index (Phi) is 51.4. The van der Waals surface area contributed by atoms with Gasteiger partial charge in [-0.05, 0) is 110 Å². The first-order chi connectivity index (χ1) is 31.8. The Balaban J connectivity index is 4.78. The maximum absolute atomic E-state index is 12.4. The lowest BCUT2D eigenvalue weighted by molar-refractivity contribution is -0.121. The van der Waals surface area contributed by atoms with Crippen molar-refractivity contribution in [1.82, 2.24) is 10.2 Å². The van der Waals surface area contributed by atoms with Crippen molar-refractivity contribution in [2.24, 2.45) is 11.8 Å². The maximum atomic E-state index is 12.4. The topological polar surface area (TPSA) is 32.3 Å². The van der Waals surface area contributed by atoms with Crippen molar-refractivity contribution in [3.8, 4) is 0 Å². The molecule has 3 heteroatoms. The molecule has 2 unspecified atom stereocenters. The van der Waals surface area contributed by atoms with E-state index in [2.05, 4.69) is 71.1 Å². The van der Waals surface area contributed by atoms with Gasteiger partial charge in [-0.25, -0.2) is 0 Å². The fourth-order valence-corrected chi connectivity index (χ4v) is 10.1. The second-order valence-corrected chi connectivity index (χ2v) is 21.9. The largest absolute Gasteiger partial charge is 0.356 e. The Bertz CT molecular complexity index is 1010. The second-order valence-electron chi connectivity index (χ2n) is 21.9. The van der Waals surface area contributed by atoms with Crippen molar-refractivity contribution in [1.29, 1.82) is 0 Å². The minimum atomic E-state index is 0.218. The summed E-state index contributed by atoms with van der Waals surface area (Å²) in [6.07, 6.45) is 68.9. The van der Waals surface area contributed by atoms with Crippen LogP contribution in [-0.4, -0.2) is 38.0 Å². The van der Waals surface area contributed by atoms with Crippen LogP contribution in [0.4, 0.5) is 0 Å². The third kappa shape index (κ3) is 50.6. The van der Waals surface area contributed by atoms with E-state index in [4.69, 9.17) is 0 Å². The van der Waals surface area contributed by atoms with Crippen LogP contribution in [0.1, 0.15) is 330 Å². The summed E-state index contributed by atoms with van der Waals surface area (Å²) in [4.78, 5) is 14.6. The van der Waals surface area contributed by atoms with Gasteiger partial charge in [-0.2, -0.15) is 0 Å². The quantitative estimate of drug-likeness (QED) is 0.0487. The van der Waals surface area contributed by atoms with Crippen molar-refractivity contribution in [3.63, 3.8) is 0 Å². The monoisotopic (exact) mass is 911 g/mol. The normalized spacial score (nSPS) is 13.3. The Morgan fingerprint density at radius 1 is 0.415 bits per heavy atom. The van der Waals surface area contributed by atoms with E-state index in [0.717, 1.165) is 25.9 Å². The molecular formula is C62H122N2O. The lowest BCUT2D eigenvalue weighted by Gasteiger charge is -2.18. The Morgan fingerprint density at radius 2 is 0.738 bits per heavy atom. The lowest BCUT2D eigenvalue weighted by atomic mass is 9.91. The minimum absolute atomic E-state index is 0.218.